The van der Waals surface area contributed by atoms with E-state index >= 15 is 0 Å². The van der Waals surface area contributed by atoms with Crippen molar-refractivity contribution in [2.75, 3.05) is 6.61 Å². The fraction of sp³-hybridized carbons (Fsp3) is 0.647. The van der Waals surface area contributed by atoms with Gasteiger partial charge in [-0.15, -0.1) is 0 Å². The van der Waals surface area contributed by atoms with Crippen molar-refractivity contribution in [2.24, 2.45) is 0 Å². The minimum atomic E-state index is 0.524. The van der Waals surface area contributed by atoms with Gasteiger partial charge in [0.15, 0.2) is 0 Å². The first-order valence-electron chi connectivity index (χ1n) is 7.68. The predicted octanol–water partition coefficient (Wildman–Crippen LogP) is 3.40. The van der Waals surface area contributed by atoms with Gasteiger partial charge in [0.1, 0.15) is 0 Å². The molecule has 2 aliphatic carbocycles. The first-order chi connectivity index (χ1) is 9.24. The Hall–Kier alpha value is -0.860. The first kappa shape index (κ1) is 13.1. The summed E-state index contributed by atoms with van der Waals surface area (Å²) in [7, 11) is 0. The maximum absolute atomic E-state index is 5.60. The third-order valence-corrected chi connectivity index (χ3v) is 4.66. The van der Waals surface area contributed by atoms with Crippen molar-refractivity contribution in [3.8, 4) is 0 Å². The van der Waals surface area contributed by atoms with Crippen molar-refractivity contribution < 1.29 is 4.74 Å². The van der Waals surface area contributed by atoms with E-state index in [-0.39, 0.29) is 0 Å². The molecule has 19 heavy (non-hydrogen) atoms. The van der Waals surface area contributed by atoms with Crippen LogP contribution in [-0.2, 0) is 4.74 Å². The van der Waals surface area contributed by atoms with Crippen LogP contribution in [0.2, 0.25) is 0 Å². The normalized spacial score (nSPS) is 33.6. The summed E-state index contributed by atoms with van der Waals surface area (Å²) >= 11 is 0. The number of ether oxygens (including phenoxy) is 1. The number of nitrogens with one attached hydrogen (secondary N) is 1. The van der Waals surface area contributed by atoms with Crippen LogP contribution in [-0.4, -0.2) is 24.8 Å². The van der Waals surface area contributed by atoms with E-state index in [1.165, 1.54) is 36.8 Å². The van der Waals surface area contributed by atoms with E-state index in [0.717, 1.165) is 18.6 Å². The maximum atomic E-state index is 5.60. The standard InChI is InChI=1S/C17H25NO/c1-3-19-17-10-16(11-17)18-15-8-14(9-15)13-6-4-12(2)5-7-13/h4-7,14-18H,3,8-11H2,1-2H3. The summed E-state index contributed by atoms with van der Waals surface area (Å²) < 4.78 is 5.60. The topological polar surface area (TPSA) is 21.3 Å². The van der Waals surface area contributed by atoms with Gasteiger partial charge in [0.2, 0.25) is 0 Å². The molecule has 0 spiro atoms. The second-order valence-electron chi connectivity index (χ2n) is 6.19. The zero-order valence-electron chi connectivity index (χ0n) is 12.1. The second kappa shape index (κ2) is 5.64. The molecule has 1 aromatic carbocycles. The van der Waals surface area contributed by atoms with Crippen LogP contribution < -0.4 is 5.32 Å². The highest BCUT2D eigenvalue weighted by Crippen LogP contribution is 2.38. The smallest absolute Gasteiger partial charge is 0.0604 e. The minimum absolute atomic E-state index is 0.524. The van der Waals surface area contributed by atoms with Gasteiger partial charge in [0, 0.05) is 18.7 Å². The third-order valence-electron chi connectivity index (χ3n) is 4.66. The van der Waals surface area contributed by atoms with Crippen LogP contribution in [0, 0.1) is 6.92 Å². The third kappa shape index (κ3) is 3.01. The van der Waals surface area contributed by atoms with E-state index in [9.17, 15) is 0 Å². The number of aryl methyl sites for hydroxylation is 1. The van der Waals surface area contributed by atoms with Crippen molar-refractivity contribution in [2.45, 2.75) is 63.6 Å². The Morgan fingerprint density at radius 1 is 1.05 bits per heavy atom. The average Bonchev–Trinajstić information content (AvgIpc) is 2.31. The molecule has 104 valence electrons. The highest BCUT2D eigenvalue weighted by molar-refractivity contribution is 5.26. The lowest BCUT2D eigenvalue weighted by Gasteiger charge is -2.43. The van der Waals surface area contributed by atoms with Gasteiger partial charge in [-0.2, -0.15) is 0 Å². The molecular weight excluding hydrogens is 234 g/mol. The predicted molar refractivity (Wildman–Crippen MR) is 78.5 cm³/mol. The molecule has 2 aliphatic rings. The molecule has 2 nitrogen and oxygen atoms in total. The Labute approximate surface area is 116 Å². The van der Waals surface area contributed by atoms with Crippen molar-refractivity contribution in [1.82, 2.24) is 5.32 Å². The molecule has 0 unspecified atom stereocenters. The molecule has 1 N–H and O–H groups in total. The van der Waals surface area contributed by atoms with Gasteiger partial charge >= 0.3 is 0 Å². The summed E-state index contributed by atoms with van der Waals surface area (Å²) in [4.78, 5) is 0. The maximum Gasteiger partial charge on any atom is 0.0604 e. The molecule has 2 saturated carbocycles. The summed E-state index contributed by atoms with van der Waals surface area (Å²) in [6.45, 7) is 5.09. The Kier molecular flexibility index (Phi) is 3.90. The zero-order chi connectivity index (χ0) is 13.2. The fourth-order valence-corrected chi connectivity index (χ4v) is 3.27. The van der Waals surface area contributed by atoms with Gasteiger partial charge in [-0.3, -0.25) is 0 Å². The van der Waals surface area contributed by atoms with Crippen molar-refractivity contribution in [3.63, 3.8) is 0 Å². The van der Waals surface area contributed by atoms with Crippen LogP contribution in [0.25, 0.3) is 0 Å². The summed E-state index contributed by atoms with van der Waals surface area (Å²) in [5.74, 6) is 0.779. The summed E-state index contributed by atoms with van der Waals surface area (Å²) in [5.41, 5.74) is 2.87. The molecule has 1 aromatic rings. The molecule has 2 fully saturated rings. The molecule has 0 radical (unpaired) electrons. The Bertz CT molecular complexity index is 402. The van der Waals surface area contributed by atoms with E-state index in [1.807, 2.05) is 0 Å². The molecular formula is C17H25NO. The lowest BCUT2D eigenvalue weighted by atomic mass is 9.74. The van der Waals surface area contributed by atoms with Crippen LogP contribution in [0.4, 0.5) is 0 Å². The highest BCUT2D eigenvalue weighted by atomic mass is 16.5. The van der Waals surface area contributed by atoms with Crippen LogP contribution >= 0.6 is 0 Å². The lowest BCUT2D eigenvalue weighted by molar-refractivity contribution is -0.0154. The molecule has 0 aliphatic heterocycles. The van der Waals surface area contributed by atoms with E-state index in [4.69, 9.17) is 4.74 Å². The molecule has 3 rings (SSSR count). The summed E-state index contributed by atoms with van der Waals surface area (Å²) in [6.07, 6.45) is 5.55. The van der Waals surface area contributed by atoms with Crippen molar-refractivity contribution in [3.05, 3.63) is 35.4 Å². The number of benzene rings is 1. The van der Waals surface area contributed by atoms with Gasteiger partial charge in [-0.25, -0.2) is 0 Å². The zero-order valence-corrected chi connectivity index (χ0v) is 12.1. The first-order valence-corrected chi connectivity index (χ1v) is 7.68. The Morgan fingerprint density at radius 2 is 1.68 bits per heavy atom. The molecule has 0 atom stereocenters. The van der Waals surface area contributed by atoms with E-state index in [1.54, 1.807) is 0 Å². The Balaban J connectivity index is 1.38. The van der Waals surface area contributed by atoms with Crippen LogP contribution in [0.1, 0.15) is 49.7 Å². The molecule has 0 aromatic heterocycles. The van der Waals surface area contributed by atoms with Gasteiger partial charge in [-0.05, 0) is 51.0 Å². The minimum Gasteiger partial charge on any atom is -0.378 e. The van der Waals surface area contributed by atoms with E-state index in [2.05, 4.69) is 43.4 Å². The summed E-state index contributed by atoms with van der Waals surface area (Å²) in [5, 5.41) is 3.77. The average molecular weight is 259 g/mol. The van der Waals surface area contributed by atoms with Crippen LogP contribution in [0.5, 0.6) is 0 Å². The number of hydrogen-bond acceptors (Lipinski definition) is 2. The molecule has 0 bridgehead atoms. The summed E-state index contributed by atoms with van der Waals surface area (Å²) in [6, 6.07) is 10.5. The van der Waals surface area contributed by atoms with E-state index in [0.29, 0.717) is 12.1 Å². The Morgan fingerprint density at radius 3 is 2.32 bits per heavy atom. The van der Waals surface area contributed by atoms with E-state index < -0.39 is 0 Å². The highest BCUT2D eigenvalue weighted by Gasteiger charge is 2.36. The molecule has 0 heterocycles. The van der Waals surface area contributed by atoms with Crippen LogP contribution in [0.3, 0.4) is 0 Å². The van der Waals surface area contributed by atoms with Crippen molar-refractivity contribution >= 4 is 0 Å². The van der Waals surface area contributed by atoms with Crippen LogP contribution in [0.15, 0.2) is 24.3 Å². The SMILES string of the molecule is CCOC1CC(NC2CC(c3ccc(C)cc3)C2)C1. The molecule has 2 heteroatoms. The van der Waals surface area contributed by atoms with Gasteiger partial charge in [0.25, 0.3) is 0 Å². The lowest BCUT2D eigenvalue weighted by Crippen LogP contribution is -2.52. The molecule has 0 amide bonds. The monoisotopic (exact) mass is 259 g/mol. The van der Waals surface area contributed by atoms with Gasteiger partial charge < -0.3 is 10.1 Å². The van der Waals surface area contributed by atoms with Gasteiger partial charge in [-0.1, -0.05) is 29.8 Å². The molecule has 0 saturated heterocycles. The second-order valence-corrected chi connectivity index (χ2v) is 6.19. The van der Waals surface area contributed by atoms with Crippen molar-refractivity contribution in [1.29, 1.82) is 0 Å². The largest absolute Gasteiger partial charge is 0.378 e. The quantitative estimate of drug-likeness (QED) is 0.875. The van der Waals surface area contributed by atoms with Gasteiger partial charge in [0.05, 0.1) is 6.10 Å². The number of hydrogen-bond donors (Lipinski definition) is 1. The fourth-order valence-electron chi connectivity index (χ4n) is 3.27. The number of rotatable bonds is 5.